The van der Waals surface area contributed by atoms with Gasteiger partial charge in [0.15, 0.2) is 0 Å². The number of hydrogen-bond acceptors (Lipinski definition) is 2. The largest absolute Gasteiger partial charge is 0.470 e. The molecular formula is C11H14O2. The van der Waals surface area contributed by atoms with Crippen molar-refractivity contribution in [2.24, 2.45) is 0 Å². The summed E-state index contributed by atoms with van der Waals surface area (Å²) in [5.74, 6) is 2.94. The first-order valence-corrected chi connectivity index (χ1v) is 4.21. The van der Waals surface area contributed by atoms with Crippen LogP contribution in [0.2, 0.25) is 0 Å². The lowest BCUT2D eigenvalue weighted by atomic mass is 10.5. The van der Waals surface area contributed by atoms with Gasteiger partial charge in [0.2, 0.25) is 0 Å². The van der Waals surface area contributed by atoms with Crippen LogP contribution in [0.4, 0.5) is 0 Å². The van der Waals surface area contributed by atoms with E-state index in [1.165, 1.54) is 0 Å². The van der Waals surface area contributed by atoms with Gasteiger partial charge in [0.05, 0.1) is 6.26 Å². The van der Waals surface area contributed by atoms with Crippen LogP contribution >= 0.6 is 0 Å². The molecule has 0 saturated carbocycles. The standard InChI is InChI=1S/C6H8O.C5H6O/c1-5-3-4-6(2)7-5;1-5-3-2-4-6-5/h3-4H,1-2H3;2-4H,1H3. The second kappa shape index (κ2) is 4.55. The third-order valence-corrected chi connectivity index (χ3v) is 1.54. The number of furan rings is 2. The molecule has 2 heterocycles. The molecule has 0 amide bonds. The Labute approximate surface area is 78.2 Å². The Morgan fingerprint density at radius 1 is 0.846 bits per heavy atom. The van der Waals surface area contributed by atoms with Crippen molar-refractivity contribution in [1.29, 1.82) is 0 Å². The molecule has 0 saturated heterocycles. The fraction of sp³-hybridized carbons (Fsp3) is 0.273. The predicted molar refractivity (Wildman–Crippen MR) is 51.6 cm³/mol. The first-order valence-electron chi connectivity index (χ1n) is 4.21. The minimum absolute atomic E-state index is 0.968. The van der Waals surface area contributed by atoms with Crippen LogP contribution in [-0.4, -0.2) is 0 Å². The Hall–Kier alpha value is -1.44. The van der Waals surface area contributed by atoms with Crippen LogP contribution in [0.1, 0.15) is 17.3 Å². The molecule has 0 aromatic carbocycles. The molecule has 70 valence electrons. The minimum Gasteiger partial charge on any atom is -0.470 e. The van der Waals surface area contributed by atoms with Crippen molar-refractivity contribution < 1.29 is 8.83 Å². The van der Waals surface area contributed by atoms with Gasteiger partial charge in [0, 0.05) is 0 Å². The van der Waals surface area contributed by atoms with Crippen LogP contribution in [0.3, 0.4) is 0 Å². The normalized spacial score (nSPS) is 9.15. The molecule has 0 spiro atoms. The van der Waals surface area contributed by atoms with Gasteiger partial charge in [-0.05, 0) is 45.0 Å². The Balaban J connectivity index is 0.000000132. The maximum atomic E-state index is 5.08. The molecule has 0 fully saturated rings. The molecule has 0 unspecified atom stereocenters. The second-order valence-corrected chi connectivity index (χ2v) is 2.88. The number of aryl methyl sites for hydroxylation is 3. The molecule has 0 N–H and O–H groups in total. The summed E-state index contributed by atoms with van der Waals surface area (Å²) in [5, 5.41) is 0. The lowest BCUT2D eigenvalue weighted by Crippen LogP contribution is -1.53. The second-order valence-electron chi connectivity index (χ2n) is 2.88. The summed E-state index contributed by atoms with van der Waals surface area (Å²) in [5.41, 5.74) is 0. The minimum atomic E-state index is 0.968. The van der Waals surface area contributed by atoms with Crippen molar-refractivity contribution in [3.63, 3.8) is 0 Å². The highest BCUT2D eigenvalue weighted by Crippen LogP contribution is 2.02. The Kier molecular flexibility index (Phi) is 3.38. The zero-order chi connectivity index (χ0) is 9.68. The fourth-order valence-electron chi connectivity index (χ4n) is 0.917. The van der Waals surface area contributed by atoms with Crippen molar-refractivity contribution in [2.75, 3.05) is 0 Å². The molecule has 0 aliphatic rings. The van der Waals surface area contributed by atoms with Crippen LogP contribution in [-0.2, 0) is 0 Å². The van der Waals surface area contributed by atoms with E-state index in [0.29, 0.717) is 0 Å². The fourth-order valence-corrected chi connectivity index (χ4v) is 0.917. The highest BCUT2D eigenvalue weighted by atomic mass is 16.3. The highest BCUT2D eigenvalue weighted by Gasteiger charge is 1.85. The lowest BCUT2D eigenvalue weighted by molar-refractivity contribution is 0.504. The molecule has 2 aromatic heterocycles. The summed E-state index contributed by atoms with van der Waals surface area (Å²) >= 11 is 0. The van der Waals surface area contributed by atoms with E-state index in [0.717, 1.165) is 17.3 Å². The molecule has 2 rings (SSSR count). The molecule has 0 aliphatic carbocycles. The van der Waals surface area contributed by atoms with E-state index in [4.69, 9.17) is 8.83 Å². The van der Waals surface area contributed by atoms with Crippen LogP contribution in [0.5, 0.6) is 0 Å². The average Bonchev–Trinajstić information content (AvgIpc) is 2.64. The van der Waals surface area contributed by atoms with Crippen LogP contribution in [0.25, 0.3) is 0 Å². The van der Waals surface area contributed by atoms with Gasteiger partial charge in [0.1, 0.15) is 17.3 Å². The van der Waals surface area contributed by atoms with Gasteiger partial charge in [0.25, 0.3) is 0 Å². The summed E-state index contributed by atoms with van der Waals surface area (Å²) in [6, 6.07) is 7.69. The maximum Gasteiger partial charge on any atom is 0.101 e. The highest BCUT2D eigenvalue weighted by molar-refractivity contribution is 5.02. The quantitative estimate of drug-likeness (QED) is 0.617. The zero-order valence-corrected chi connectivity index (χ0v) is 8.20. The first-order chi connectivity index (χ1) is 6.18. The van der Waals surface area contributed by atoms with Gasteiger partial charge in [-0.3, -0.25) is 0 Å². The van der Waals surface area contributed by atoms with Crippen LogP contribution in [0.15, 0.2) is 39.4 Å². The van der Waals surface area contributed by atoms with Crippen molar-refractivity contribution in [1.82, 2.24) is 0 Å². The topological polar surface area (TPSA) is 26.3 Å². The third-order valence-electron chi connectivity index (χ3n) is 1.54. The molecule has 13 heavy (non-hydrogen) atoms. The molecule has 0 bridgehead atoms. The molecule has 2 nitrogen and oxygen atoms in total. The Morgan fingerprint density at radius 3 is 1.62 bits per heavy atom. The summed E-state index contributed by atoms with van der Waals surface area (Å²) < 4.78 is 9.92. The average molecular weight is 178 g/mol. The summed E-state index contributed by atoms with van der Waals surface area (Å²) in [6.07, 6.45) is 1.66. The molecule has 0 atom stereocenters. The van der Waals surface area contributed by atoms with E-state index >= 15 is 0 Å². The maximum absolute atomic E-state index is 5.08. The molecule has 0 radical (unpaired) electrons. The van der Waals surface area contributed by atoms with E-state index in [2.05, 4.69) is 0 Å². The van der Waals surface area contributed by atoms with Gasteiger partial charge in [-0.15, -0.1) is 0 Å². The van der Waals surface area contributed by atoms with Gasteiger partial charge in [-0.25, -0.2) is 0 Å². The first kappa shape index (κ1) is 9.65. The SMILES string of the molecule is Cc1ccc(C)o1.Cc1ccco1. The van der Waals surface area contributed by atoms with Gasteiger partial charge >= 0.3 is 0 Å². The monoisotopic (exact) mass is 178 g/mol. The molecule has 2 aromatic rings. The van der Waals surface area contributed by atoms with Crippen molar-refractivity contribution in [3.8, 4) is 0 Å². The molecule has 2 heteroatoms. The number of rotatable bonds is 0. The van der Waals surface area contributed by atoms with E-state index < -0.39 is 0 Å². The third kappa shape index (κ3) is 3.65. The molecule has 0 aliphatic heterocycles. The molecular weight excluding hydrogens is 164 g/mol. The van der Waals surface area contributed by atoms with E-state index in [-0.39, 0.29) is 0 Å². The summed E-state index contributed by atoms with van der Waals surface area (Å²) in [7, 11) is 0. The van der Waals surface area contributed by atoms with Gasteiger partial charge in [-0.2, -0.15) is 0 Å². The van der Waals surface area contributed by atoms with Crippen LogP contribution in [0, 0.1) is 20.8 Å². The van der Waals surface area contributed by atoms with Crippen molar-refractivity contribution >= 4 is 0 Å². The Morgan fingerprint density at radius 2 is 1.46 bits per heavy atom. The lowest BCUT2D eigenvalue weighted by Gasteiger charge is -1.76. The van der Waals surface area contributed by atoms with Gasteiger partial charge < -0.3 is 8.83 Å². The van der Waals surface area contributed by atoms with Crippen molar-refractivity contribution in [3.05, 3.63) is 47.8 Å². The van der Waals surface area contributed by atoms with Gasteiger partial charge in [-0.1, -0.05) is 0 Å². The zero-order valence-electron chi connectivity index (χ0n) is 8.20. The van der Waals surface area contributed by atoms with Crippen molar-refractivity contribution in [2.45, 2.75) is 20.8 Å². The smallest absolute Gasteiger partial charge is 0.101 e. The van der Waals surface area contributed by atoms with E-state index in [1.54, 1.807) is 6.26 Å². The predicted octanol–water partition coefficient (Wildman–Crippen LogP) is 3.48. The number of hydrogen-bond donors (Lipinski definition) is 0. The Bertz CT molecular complexity index is 314. The van der Waals surface area contributed by atoms with E-state index in [9.17, 15) is 0 Å². The van der Waals surface area contributed by atoms with Crippen LogP contribution < -0.4 is 0 Å². The van der Waals surface area contributed by atoms with E-state index in [1.807, 2.05) is 45.0 Å². The summed E-state index contributed by atoms with van der Waals surface area (Å²) in [4.78, 5) is 0. The summed E-state index contributed by atoms with van der Waals surface area (Å²) in [6.45, 7) is 5.79.